The number of aliphatic carboxylic acids is 1. The first-order chi connectivity index (χ1) is 17.5. The van der Waals surface area contributed by atoms with Crippen molar-refractivity contribution in [2.75, 3.05) is 6.61 Å². The highest BCUT2D eigenvalue weighted by Crippen LogP contribution is 2.60. The predicted molar refractivity (Wildman–Crippen MR) is 136 cm³/mol. The molecule has 0 saturated heterocycles. The molecule has 184 valence electrons. The molecule has 6 nitrogen and oxygen atoms in total. The van der Waals surface area contributed by atoms with Gasteiger partial charge in [-0.1, -0.05) is 36.8 Å². The number of carboxylic acids is 1. The van der Waals surface area contributed by atoms with E-state index in [2.05, 4.69) is 46.4 Å². The summed E-state index contributed by atoms with van der Waals surface area (Å²) in [6, 6.07) is 22.9. The van der Waals surface area contributed by atoms with Crippen molar-refractivity contribution in [3.05, 3.63) is 95.3 Å². The zero-order valence-corrected chi connectivity index (χ0v) is 20.4. The third-order valence-corrected chi connectivity index (χ3v) is 8.28. The number of nitrogens with zero attached hydrogens (tertiary/aromatic N) is 2. The van der Waals surface area contributed by atoms with E-state index in [-0.39, 0.29) is 12.0 Å². The quantitative estimate of drug-likeness (QED) is 0.489. The molecule has 1 aromatic heterocycles. The minimum atomic E-state index is -1.22. The maximum absolute atomic E-state index is 11.5. The number of rotatable bonds is 7. The molecule has 1 N–H and O–H groups in total. The van der Waals surface area contributed by atoms with E-state index in [1.54, 1.807) is 13.1 Å². The first kappa shape index (κ1) is 22.8. The number of aromatic nitrogens is 1. The van der Waals surface area contributed by atoms with Crippen molar-refractivity contribution in [2.45, 2.75) is 50.2 Å². The Labute approximate surface area is 211 Å². The van der Waals surface area contributed by atoms with Crippen LogP contribution in [0.4, 0.5) is 0 Å². The summed E-state index contributed by atoms with van der Waals surface area (Å²) in [7, 11) is 0. The van der Waals surface area contributed by atoms with E-state index >= 15 is 0 Å². The molecule has 2 saturated carbocycles. The van der Waals surface area contributed by atoms with E-state index in [0.29, 0.717) is 18.4 Å². The van der Waals surface area contributed by atoms with Crippen molar-refractivity contribution in [3.8, 4) is 5.75 Å². The van der Waals surface area contributed by atoms with E-state index in [4.69, 9.17) is 9.47 Å². The molecule has 3 aliphatic rings. The lowest BCUT2D eigenvalue weighted by Crippen LogP contribution is -2.34. The Kier molecular flexibility index (Phi) is 5.55. The number of benzene rings is 2. The van der Waals surface area contributed by atoms with Crippen LogP contribution in [0.25, 0.3) is 0 Å². The highest BCUT2D eigenvalue weighted by molar-refractivity contribution is 5.98. The molecular weight excluding hydrogens is 452 g/mol. The van der Waals surface area contributed by atoms with Crippen molar-refractivity contribution < 1.29 is 19.4 Å². The van der Waals surface area contributed by atoms with Crippen LogP contribution < -0.4 is 4.74 Å². The average molecular weight is 483 g/mol. The summed E-state index contributed by atoms with van der Waals surface area (Å²) in [5.74, 6) is 1.65. The number of ether oxygens (including phenoxy) is 2. The van der Waals surface area contributed by atoms with Crippen molar-refractivity contribution in [1.82, 2.24) is 4.98 Å². The average Bonchev–Trinajstić information content (AvgIpc) is 3.64. The van der Waals surface area contributed by atoms with Crippen LogP contribution in [-0.2, 0) is 21.6 Å². The maximum atomic E-state index is 11.5. The van der Waals surface area contributed by atoms with E-state index in [1.807, 2.05) is 30.3 Å². The Morgan fingerprint density at radius 3 is 2.39 bits per heavy atom. The van der Waals surface area contributed by atoms with Gasteiger partial charge in [-0.15, -0.1) is 0 Å². The van der Waals surface area contributed by atoms with E-state index in [9.17, 15) is 9.90 Å². The third-order valence-electron chi connectivity index (χ3n) is 8.28. The molecule has 0 amide bonds. The second-order valence-corrected chi connectivity index (χ2v) is 10.5. The van der Waals surface area contributed by atoms with Gasteiger partial charge in [0.25, 0.3) is 0 Å². The lowest BCUT2D eigenvalue weighted by molar-refractivity contribution is -0.142. The van der Waals surface area contributed by atoms with Gasteiger partial charge in [-0.25, -0.2) is 9.79 Å². The molecule has 0 radical (unpaired) electrons. The van der Waals surface area contributed by atoms with Gasteiger partial charge in [-0.3, -0.25) is 4.98 Å². The lowest BCUT2D eigenvalue weighted by atomic mass is 9.64. The number of hydrogen-bond acceptors (Lipinski definition) is 5. The summed E-state index contributed by atoms with van der Waals surface area (Å²) < 4.78 is 11.6. The first-order valence-corrected chi connectivity index (χ1v) is 12.7. The van der Waals surface area contributed by atoms with Gasteiger partial charge in [-0.2, -0.15) is 0 Å². The molecule has 6 rings (SSSR count). The second kappa shape index (κ2) is 8.77. The van der Waals surface area contributed by atoms with Crippen molar-refractivity contribution in [3.63, 3.8) is 0 Å². The smallest absolute Gasteiger partial charge is 0.335 e. The van der Waals surface area contributed by atoms with Crippen LogP contribution >= 0.6 is 0 Å². The van der Waals surface area contributed by atoms with Gasteiger partial charge in [0, 0.05) is 17.2 Å². The summed E-state index contributed by atoms with van der Waals surface area (Å²) in [4.78, 5) is 20.2. The fourth-order valence-electron chi connectivity index (χ4n) is 6.36. The Bertz CT molecular complexity index is 1290. The van der Waals surface area contributed by atoms with Crippen LogP contribution in [0.15, 0.2) is 77.9 Å². The molecule has 1 aliphatic heterocycles. The molecule has 2 aliphatic carbocycles. The highest BCUT2D eigenvalue weighted by Gasteiger charge is 2.52. The molecule has 6 heteroatoms. The maximum Gasteiger partial charge on any atom is 0.335 e. The molecule has 2 aromatic carbocycles. The SMILES string of the molecule is C[C@]1(C(=O)O)COC(c2ccc([C@]3(c4ccc(OCc5ccccn5)cc4)CC4CCC3C4)cc2)=N1. The summed E-state index contributed by atoms with van der Waals surface area (Å²) in [5, 5.41) is 9.46. The van der Waals surface area contributed by atoms with Crippen molar-refractivity contribution in [1.29, 1.82) is 0 Å². The summed E-state index contributed by atoms with van der Waals surface area (Å²) in [5.41, 5.74) is 3.13. The van der Waals surface area contributed by atoms with Crippen molar-refractivity contribution in [2.24, 2.45) is 16.8 Å². The van der Waals surface area contributed by atoms with Crippen LogP contribution in [0.3, 0.4) is 0 Å². The van der Waals surface area contributed by atoms with Gasteiger partial charge in [0.1, 0.15) is 19.0 Å². The van der Waals surface area contributed by atoms with E-state index in [1.165, 1.54) is 30.4 Å². The molecule has 2 unspecified atom stereocenters. The van der Waals surface area contributed by atoms with Crippen LogP contribution in [-0.4, -0.2) is 34.1 Å². The molecule has 2 heterocycles. The van der Waals surface area contributed by atoms with Gasteiger partial charge >= 0.3 is 5.97 Å². The summed E-state index contributed by atoms with van der Waals surface area (Å²) >= 11 is 0. The number of carbonyl (C=O) groups is 1. The third kappa shape index (κ3) is 3.85. The topological polar surface area (TPSA) is 81.0 Å². The standard InChI is InChI=1S/C30H30N2O4/c1-29(28(33)34)19-36-27(32-29)21-6-9-22(10-7-21)30(17-20-5-8-24(30)16-20)23-11-13-26(14-12-23)35-18-25-4-2-3-15-31-25/h2-4,6-7,9-15,20,24H,5,8,16-19H2,1H3,(H,33,34)/t20?,24?,29-,30+/m1/s1. The van der Waals surface area contributed by atoms with Gasteiger partial charge < -0.3 is 14.6 Å². The van der Waals surface area contributed by atoms with Crippen LogP contribution in [0, 0.1) is 11.8 Å². The lowest BCUT2D eigenvalue weighted by Gasteiger charge is -2.39. The summed E-state index contributed by atoms with van der Waals surface area (Å²) in [6.45, 7) is 2.09. The largest absolute Gasteiger partial charge is 0.487 e. The number of carboxylic acid groups (broad SMARTS) is 1. The van der Waals surface area contributed by atoms with Gasteiger partial charge in [0.15, 0.2) is 5.54 Å². The number of pyridine rings is 1. The normalized spacial score (nSPS) is 28.5. The van der Waals surface area contributed by atoms with Crippen LogP contribution in [0.5, 0.6) is 5.75 Å². The molecule has 3 aromatic rings. The Balaban J connectivity index is 1.27. The van der Waals surface area contributed by atoms with Gasteiger partial charge in [0.05, 0.1) is 5.69 Å². The van der Waals surface area contributed by atoms with Crippen LogP contribution in [0.1, 0.15) is 55.0 Å². The molecule has 0 spiro atoms. The molecule has 36 heavy (non-hydrogen) atoms. The zero-order valence-electron chi connectivity index (χ0n) is 20.4. The van der Waals surface area contributed by atoms with Crippen LogP contribution in [0.2, 0.25) is 0 Å². The van der Waals surface area contributed by atoms with Gasteiger partial charge in [0.2, 0.25) is 5.90 Å². The Morgan fingerprint density at radius 1 is 1.06 bits per heavy atom. The predicted octanol–water partition coefficient (Wildman–Crippen LogP) is 5.39. The minimum Gasteiger partial charge on any atom is -0.487 e. The first-order valence-electron chi connectivity index (χ1n) is 12.7. The van der Waals surface area contributed by atoms with E-state index in [0.717, 1.165) is 29.3 Å². The minimum absolute atomic E-state index is 0.0190. The molecular formula is C30H30N2O4. The van der Waals surface area contributed by atoms with Gasteiger partial charge in [-0.05, 0) is 85.5 Å². The molecule has 2 bridgehead atoms. The fraction of sp³-hybridized carbons (Fsp3) is 0.367. The Morgan fingerprint density at radius 2 is 1.81 bits per heavy atom. The van der Waals surface area contributed by atoms with E-state index < -0.39 is 11.5 Å². The van der Waals surface area contributed by atoms with Crippen molar-refractivity contribution >= 4 is 11.9 Å². The summed E-state index contributed by atoms with van der Waals surface area (Å²) in [6.07, 6.45) is 6.76. The fourth-order valence-corrected chi connectivity index (χ4v) is 6.36. The number of aliphatic imine (C=N–C) groups is 1. The zero-order chi connectivity index (χ0) is 24.8. The molecule has 4 atom stereocenters. The highest BCUT2D eigenvalue weighted by atomic mass is 16.5. The monoisotopic (exact) mass is 482 g/mol. The molecule has 2 fully saturated rings. The number of hydrogen-bond donors (Lipinski definition) is 1. The number of fused-ring (bicyclic) bond motifs is 2. The second-order valence-electron chi connectivity index (χ2n) is 10.5. The Hall–Kier alpha value is -3.67.